The van der Waals surface area contributed by atoms with Crippen LogP contribution in [0.4, 0.5) is 0 Å². The van der Waals surface area contributed by atoms with Gasteiger partial charge in [0.15, 0.2) is 0 Å². The van der Waals surface area contributed by atoms with Gasteiger partial charge in [-0.1, -0.05) is 0 Å². The van der Waals surface area contributed by atoms with Gasteiger partial charge in [-0.15, -0.1) is 34.0 Å². The van der Waals surface area contributed by atoms with Gasteiger partial charge < -0.3 is 0 Å². The van der Waals surface area contributed by atoms with Crippen LogP contribution in [0.3, 0.4) is 0 Å². The van der Waals surface area contributed by atoms with Crippen LogP contribution < -0.4 is 0 Å². The van der Waals surface area contributed by atoms with E-state index in [-0.39, 0.29) is 38.7 Å². The number of halogens is 2. The first kappa shape index (κ1) is 16.1. The maximum atomic E-state index is 10.8. The molecule has 0 bridgehead atoms. The van der Waals surface area contributed by atoms with Gasteiger partial charge >= 0.3 is 74.7 Å². The molecule has 0 saturated carbocycles. The quantitative estimate of drug-likeness (QED) is 0.660. The SMILES string of the molecule is Br.Br.O=[C]([Co])C1=CCCC=CCC1. The number of carbonyl (C=O) groups excluding carboxylic acids is 1. The second-order valence-electron chi connectivity index (χ2n) is 2.57. The van der Waals surface area contributed by atoms with Crippen molar-refractivity contribution in [3.8, 4) is 0 Å². The summed E-state index contributed by atoms with van der Waals surface area (Å²) in [5.74, 6) is 0. The summed E-state index contributed by atoms with van der Waals surface area (Å²) in [6.45, 7) is 0. The summed E-state index contributed by atoms with van der Waals surface area (Å²) in [5.41, 5.74) is 0.870. The Morgan fingerprint density at radius 2 is 1.77 bits per heavy atom. The van der Waals surface area contributed by atoms with Gasteiger partial charge in [0.1, 0.15) is 0 Å². The third-order valence-electron chi connectivity index (χ3n) is 1.71. The van der Waals surface area contributed by atoms with E-state index in [4.69, 9.17) is 0 Å². The molecule has 0 N–H and O–H groups in total. The third kappa shape index (κ3) is 6.66. The van der Waals surface area contributed by atoms with E-state index in [9.17, 15) is 4.79 Å². The summed E-state index contributed by atoms with van der Waals surface area (Å²) in [5, 5.41) is 0. The van der Waals surface area contributed by atoms with E-state index in [2.05, 4.69) is 27.9 Å². The van der Waals surface area contributed by atoms with E-state index in [1.165, 1.54) is 0 Å². The van der Waals surface area contributed by atoms with Gasteiger partial charge in [0.25, 0.3) is 0 Å². The minimum absolute atomic E-state index is 0. The molecule has 0 radical (unpaired) electrons. The molecule has 1 aliphatic carbocycles. The Kier molecular flexibility index (Phi) is 11.3. The normalized spacial score (nSPS) is 15.7. The summed E-state index contributed by atoms with van der Waals surface area (Å²) >= 11 is 3.84. The van der Waals surface area contributed by atoms with Crippen LogP contribution >= 0.6 is 34.0 Å². The number of allylic oxidation sites excluding steroid dienone is 4. The van der Waals surface area contributed by atoms with Gasteiger partial charge in [-0.3, -0.25) is 0 Å². The Labute approximate surface area is 108 Å². The van der Waals surface area contributed by atoms with E-state index in [1.54, 1.807) is 0 Å². The number of hydrogen-bond donors (Lipinski definition) is 0. The maximum absolute atomic E-state index is 10.8. The van der Waals surface area contributed by atoms with Gasteiger partial charge in [-0.05, 0) is 0 Å². The van der Waals surface area contributed by atoms with Crippen molar-refractivity contribution < 1.29 is 20.5 Å². The average Bonchev–Trinajstić information content (AvgIpc) is 1.84. The molecule has 0 aliphatic heterocycles. The number of rotatable bonds is 1. The van der Waals surface area contributed by atoms with Crippen molar-refractivity contribution in [1.82, 2.24) is 0 Å². The van der Waals surface area contributed by atoms with Crippen molar-refractivity contribution in [2.24, 2.45) is 0 Å². The Balaban J connectivity index is 0. The molecule has 0 spiro atoms. The third-order valence-corrected chi connectivity index (χ3v) is 2.04. The average molecular weight is 356 g/mol. The van der Waals surface area contributed by atoms with Gasteiger partial charge in [0.2, 0.25) is 0 Å². The molecular formula is C9H13Br2CoO. The Morgan fingerprint density at radius 3 is 2.38 bits per heavy atom. The molecule has 4 heteroatoms. The predicted molar refractivity (Wildman–Crippen MR) is 61.3 cm³/mol. The van der Waals surface area contributed by atoms with E-state index in [0.717, 1.165) is 31.3 Å². The molecule has 0 atom stereocenters. The molecule has 1 aliphatic rings. The molecule has 13 heavy (non-hydrogen) atoms. The van der Waals surface area contributed by atoms with Crippen LogP contribution in [-0.4, -0.2) is 4.72 Å². The molecule has 0 saturated heterocycles. The fourth-order valence-electron chi connectivity index (χ4n) is 1.10. The number of hydrogen-bond acceptors (Lipinski definition) is 1. The van der Waals surface area contributed by atoms with Gasteiger partial charge in [0, 0.05) is 0 Å². The van der Waals surface area contributed by atoms with Crippen molar-refractivity contribution in [1.29, 1.82) is 0 Å². The molecule has 0 fully saturated rings. The zero-order valence-corrected chi connectivity index (χ0v) is 11.6. The first-order valence-electron chi connectivity index (χ1n) is 3.82. The van der Waals surface area contributed by atoms with Gasteiger partial charge in [0.05, 0.1) is 0 Å². The first-order valence-corrected chi connectivity index (χ1v) is 4.34. The molecule has 0 heterocycles. The van der Waals surface area contributed by atoms with Crippen molar-refractivity contribution in [2.45, 2.75) is 25.7 Å². The van der Waals surface area contributed by atoms with Crippen LogP contribution in [0, 0.1) is 0 Å². The molecular weight excluding hydrogens is 343 g/mol. The monoisotopic (exact) mass is 354 g/mol. The molecule has 1 nitrogen and oxygen atoms in total. The summed E-state index contributed by atoms with van der Waals surface area (Å²) in [7, 11) is 0. The Morgan fingerprint density at radius 1 is 1.15 bits per heavy atom. The number of carbonyl (C=O) groups is 1. The van der Waals surface area contributed by atoms with Gasteiger partial charge in [-0.25, -0.2) is 0 Å². The van der Waals surface area contributed by atoms with Crippen LogP contribution in [0.15, 0.2) is 23.8 Å². The van der Waals surface area contributed by atoms with Crippen LogP contribution in [-0.2, 0) is 20.5 Å². The summed E-state index contributed by atoms with van der Waals surface area (Å²) < 4.78 is -0.0761. The van der Waals surface area contributed by atoms with E-state index >= 15 is 0 Å². The molecule has 0 aromatic carbocycles. The Bertz CT molecular complexity index is 212. The van der Waals surface area contributed by atoms with Crippen molar-refractivity contribution in [3.05, 3.63) is 23.8 Å². The van der Waals surface area contributed by atoms with Crippen molar-refractivity contribution in [3.63, 3.8) is 0 Å². The topological polar surface area (TPSA) is 17.1 Å². The second kappa shape index (κ2) is 9.18. The predicted octanol–water partition coefficient (Wildman–Crippen LogP) is 3.27. The fraction of sp³-hybridized carbons (Fsp3) is 0.444. The van der Waals surface area contributed by atoms with Gasteiger partial charge in [-0.2, -0.15) is 0 Å². The van der Waals surface area contributed by atoms with Crippen LogP contribution in [0.2, 0.25) is 0 Å². The standard InChI is InChI=1S/C9H11O.2BrH.Co/c10-8-9-6-4-2-1-3-5-7-9;;;/h1-2,7H,3-6H2;2*1H;. The van der Waals surface area contributed by atoms with Crippen molar-refractivity contribution >= 4 is 38.7 Å². The summed E-state index contributed by atoms with van der Waals surface area (Å²) in [4.78, 5) is 10.8. The Hall–Kier alpha value is 0.616. The van der Waals surface area contributed by atoms with Crippen LogP contribution in [0.5, 0.6) is 0 Å². The first-order chi connectivity index (χ1) is 5.30. The molecule has 0 unspecified atom stereocenters. The second-order valence-corrected chi connectivity index (χ2v) is 3.04. The molecule has 78 valence electrons. The zero-order valence-electron chi connectivity index (χ0n) is 7.12. The van der Waals surface area contributed by atoms with E-state index < -0.39 is 0 Å². The fourth-order valence-corrected chi connectivity index (χ4v) is 1.34. The van der Waals surface area contributed by atoms with E-state index in [1.807, 2.05) is 6.08 Å². The molecule has 1 rings (SSSR count). The molecule has 0 aromatic rings. The van der Waals surface area contributed by atoms with Crippen LogP contribution in [0.1, 0.15) is 25.7 Å². The van der Waals surface area contributed by atoms with E-state index in [0.29, 0.717) is 0 Å². The summed E-state index contributed by atoms with van der Waals surface area (Å²) in [6.07, 6.45) is 10.1. The molecule has 0 amide bonds. The van der Waals surface area contributed by atoms with Crippen LogP contribution in [0.25, 0.3) is 0 Å². The minimum atomic E-state index is -0.0761. The summed E-state index contributed by atoms with van der Waals surface area (Å²) in [6, 6.07) is 0. The zero-order chi connectivity index (χ0) is 8.10. The van der Waals surface area contributed by atoms with Crippen molar-refractivity contribution in [2.75, 3.05) is 0 Å². The molecule has 0 aromatic heterocycles.